The van der Waals surface area contributed by atoms with E-state index in [4.69, 9.17) is 27.9 Å². The molecule has 0 amide bonds. The van der Waals surface area contributed by atoms with Gasteiger partial charge in [-0.1, -0.05) is 41.4 Å². The van der Waals surface area contributed by atoms with Crippen molar-refractivity contribution >= 4 is 39.8 Å². The molecule has 1 aromatic heterocycles. The van der Waals surface area contributed by atoms with Gasteiger partial charge in [-0.15, -0.1) is 0 Å². The number of aromatic hydroxyl groups is 1. The molecule has 1 aliphatic rings. The Bertz CT molecular complexity index is 1010. The van der Waals surface area contributed by atoms with Crippen LogP contribution in [0.5, 0.6) is 11.6 Å². The molecule has 158 valence electrons. The number of para-hydroxylation sites is 1. The lowest BCUT2D eigenvalue weighted by atomic mass is 10.2. The van der Waals surface area contributed by atoms with Gasteiger partial charge in [-0.25, -0.2) is 4.98 Å². The number of anilines is 1. The average molecular weight is 446 g/mol. The molecule has 0 unspecified atom stereocenters. The summed E-state index contributed by atoms with van der Waals surface area (Å²) in [6.45, 7) is 5.57. The van der Waals surface area contributed by atoms with E-state index in [0.29, 0.717) is 28.0 Å². The van der Waals surface area contributed by atoms with Gasteiger partial charge in [-0.05, 0) is 43.7 Å². The summed E-state index contributed by atoms with van der Waals surface area (Å²) in [5.41, 5.74) is 1.60. The number of fused-ring (bicyclic) bond motifs is 1. The normalized spacial score (nSPS) is 14.9. The zero-order chi connectivity index (χ0) is 20.9. The molecule has 1 N–H and O–H groups in total. The highest BCUT2D eigenvalue weighted by Crippen LogP contribution is 2.33. The quantitative estimate of drug-likeness (QED) is 0.504. The summed E-state index contributed by atoms with van der Waals surface area (Å²) in [6, 6.07) is 14.9. The zero-order valence-corrected chi connectivity index (χ0v) is 18.2. The second-order valence-electron chi connectivity index (χ2n) is 7.46. The van der Waals surface area contributed by atoms with Crippen molar-refractivity contribution in [2.24, 2.45) is 0 Å². The Labute approximate surface area is 186 Å². The van der Waals surface area contributed by atoms with Gasteiger partial charge in [0, 0.05) is 37.6 Å². The Morgan fingerprint density at radius 2 is 1.73 bits per heavy atom. The van der Waals surface area contributed by atoms with Crippen molar-refractivity contribution in [1.82, 2.24) is 9.88 Å². The Balaban J connectivity index is 1.18. The van der Waals surface area contributed by atoms with E-state index in [-0.39, 0.29) is 5.75 Å². The molecule has 2 aromatic carbocycles. The highest BCUT2D eigenvalue weighted by Gasteiger charge is 2.19. The summed E-state index contributed by atoms with van der Waals surface area (Å²) in [5.74, 6) is 0.729. The van der Waals surface area contributed by atoms with Gasteiger partial charge >= 0.3 is 0 Å². The smallest absolute Gasteiger partial charge is 0.213 e. The minimum absolute atomic E-state index is 0.177. The van der Waals surface area contributed by atoms with E-state index < -0.39 is 0 Å². The summed E-state index contributed by atoms with van der Waals surface area (Å²) >= 11 is 12.5. The number of benzene rings is 2. The van der Waals surface area contributed by atoms with Crippen LogP contribution in [0.15, 0.2) is 48.5 Å². The van der Waals surface area contributed by atoms with Crippen molar-refractivity contribution in [1.29, 1.82) is 0 Å². The largest absolute Gasteiger partial charge is 0.506 e. The van der Waals surface area contributed by atoms with Crippen molar-refractivity contribution in [2.45, 2.75) is 12.8 Å². The molecule has 4 rings (SSSR count). The van der Waals surface area contributed by atoms with E-state index in [2.05, 4.69) is 14.8 Å². The summed E-state index contributed by atoms with van der Waals surface area (Å²) in [5, 5.41) is 12.1. The van der Waals surface area contributed by atoms with Gasteiger partial charge in [0.05, 0.1) is 22.3 Å². The summed E-state index contributed by atoms with van der Waals surface area (Å²) in [6.07, 6.45) is 2.03. The number of piperazine rings is 1. The van der Waals surface area contributed by atoms with E-state index in [1.807, 2.05) is 42.5 Å². The number of unbranched alkanes of at least 4 members (excludes halogenated alkanes) is 1. The Hall–Kier alpha value is -2.21. The third-order valence-corrected chi connectivity index (χ3v) is 6.25. The molecule has 0 saturated carbocycles. The molecule has 0 bridgehead atoms. The number of hydrogen-bond acceptors (Lipinski definition) is 5. The second kappa shape index (κ2) is 9.73. The number of rotatable bonds is 7. The number of nitrogens with zero attached hydrogens (tertiary/aromatic N) is 3. The minimum atomic E-state index is 0.177. The van der Waals surface area contributed by atoms with Crippen LogP contribution in [0, 0.1) is 0 Å². The monoisotopic (exact) mass is 445 g/mol. The fraction of sp³-hybridized carbons (Fsp3) is 0.348. The van der Waals surface area contributed by atoms with Gasteiger partial charge in [-0.3, -0.25) is 4.90 Å². The van der Waals surface area contributed by atoms with Crippen LogP contribution in [-0.4, -0.2) is 54.3 Å². The van der Waals surface area contributed by atoms with Crippen molar-refractivity contribution in [3.05, 3.63) is 58.6 Å². The maximum atomic E-state index is 9.93. The Morgan fingerprint density at radius 3 is 2.57 bits per heavy atom. The third-order valence-electron chi connectivity index (χ3n) is 5.44. The fourth-order valence-corrected chi connectivity index (χ4v) is 4.17. The van der Waals surface area contributed by atoms with Gasteiger partial charge in [0.15, 0.2) is 0 Å². The number of phenols is 1. The maximum Gasteiger partial charge on any atom is 0.213 e. The first-order valence-electron chi connectivity index (χ1n) is 10.2. The minimum Gasteiger partial charge on any atom is -0.506 e. The van der Waals surface area contributed by atoms with Gasteiger partial charge < -0.3 is 14.7 Å². The SMILES string of the molecule is Oc1cccc2ccc(OCCCCN3CCN(c4cccc(Cl)c4Cl)CC3)nc12. The number of pyridine rings is 1. The van der Waals surface area contributed by atoms with E-state index in [1.54, 1.807) is 6.07 Å². The lowest BCUT2D eigenvalue weighted by Gasteiger charge is -2.36. The van der Waals surface area contributed by atoms with Gasteiger partial charge in [0.1, 0.15) is 11.3 Å². The molecule has 5 nitrogen and oxygen atoms in total. The molecule has 1 saturated heterocycles. The van der Waals surface area contributed by atoms with Crippen LogP contribution in [0.1, 0.15) is 12.8 Å². The van der Waals surface area contributed by atoms with Crippen LogP contribution in [0.2, 0.25) is 10.0 Å². The molecular weight excluding hydrogens is 421 g/mol. The van der Waals surface area contributed by atoms with Crippen molar-refractivity contribution < 1.29 is 9.84 Å². The van der Waals surface area contributed by atoms with E-state index in [9.17, 15) is 5.11 Å². The molecular formula is C23H25Cl2N3O2. The topological polar surface area (TPSA) is 48.8 Å². The van der Waals surface area contributed by atoms with Crippen LogP contribution in [-0.2, 0) is 0 Å². The number of halogens is 2. The molecule has 1 fully saturated rings. The Morgan fingerprint density at radius 1 is 0.933 bits per heavy atom. The van der Waals surface area contributed by atoms with E-state index in [1.165, 1.54) is 0 Å². The average Bonchev–Trinajstić information content (AvgIpc) is 2.76. The fourth-order valence-electron chi connectivity index (χ4n) is 3.76. The molecule has 0 radical (unpaired) electrons. The number of aromatic nitrogens is 1. The first-order chi connectivity index (χ1) is 14.6. The van der Waals surface area contributed by atoms with Crippen LogP contribution >= 0.6 is 23.2 Å². The summed E-state index contributed by atoms with van der Waals surface area (Å²) in [7, 11) is 0. The van der Waals surface area contributed by atoms with Gasteiger partial charge in [0.2, 0.25) is 5.88 Å². The van der Waals surface area contributed by atoms with E-state index >= 15 is 0 Å². The first kappa shape index (κ1) is 21.0. The molecule has 1 aliphatic heterocycles. The van der Waals surface area contributed by atoms with Crippen molar-refractivity contribution in [2.75, 3.05) is 44.2 Å². The number of ether oxygens (including phenoxy) is 1. The first-order valence-corrected chi connectivity index (χ1v) is 11.0. The van der Waals surface area contributed by atoms with Crippen LogP contribution in [0.3, 0.4) is 0 Å². The lowest BCUT2D eigenvalue weighted by molar-refractivity contribution is 0.237. The van der Waals surface area contributed by atoms with Crippen LogP contribution in [0.25, 0.3) is 10.9 Å². The standard InChI is InChI=1S/C23H25Cl2N3O2/c24-18-6-4-7-19(22(18)25)28-14-12-27(13-15-28)11-1-2-16-30-21-10-9-17-5-3-8-20(29)23(17)26-21/h3-10,29H,1-2,11-16H2. The summed E-state index contributed by atoms with van der Waals surface area (Å²) < 4.78 is 5.78. The number of phenolic OH excluding ortho intramolecular Hbond substituents is 1. The lowest BCUT2D eigenvalue weighted by Crippen LogP contribution is -2.46. The van der Waals surface area contributed by atoms with Crippen molar-refractivity contribution in [3.8, 4) is 11.6 Å². The zero-order valence-electron chi connectivity index (χ0n) is 16.7. The predicted molar refractivity (Wildman–Crippen MR) is 123 cm³/mol. The molecule has 7 heteroatoms. The molecule has 0 aliphatic carbocycles. The summed E-state index contributed by atoms with van der Waals surface area (Å²) in [4.78, 5) is 9.18. The third kappa shape index (κ3) is 4.91. The van der Waals surface area contributed by atoms with Crippen LogP contribution < -0.4 is 9.64 Å². The molecule has 2 heterocycles. The van der Waals surface area contributed by atoms with Crippen molar-refractivity contribution in [3.63, 3.8) is 0 Å². The molecule has 30 heavy (non-hydrogen) atoms. The Kier molecular flexibility index (Phi) is 6.82. The highest BCUT2D eigenvalue weighted by atomic mass is 35.5. The molecule has 3 aromatic rings. The number of hydrogen-bond donors (Lipinski definition) is 1. The van der Waals surface area contributed by atoms with E-state index in [0.717, 1.165) is 56.6 Å². The highest BCUT2D eigenvalue weighted by molar-refractivity contribution is 6.43. The maximum absolute atomic E-state index is 9.93. The second-order valence-corrected chi connectivity index (χ2v) is 8.24. The molecule has 0 atom stereocenters. The van der Waals surface area contributed by atoms with Crippen LogP contribution in [0.4, 0.5) is 5.69 Å². The molecule has 0 spiro atoms. The predicted octanol–water partition coefficient (Wildman–Crippen LogP) is 5.23. The van der Waals surface area contributed by atoms with Gasteiger partial charge in [0.25, 0.3) is 0 Å². The van der Waals surface area contributed by atoms with Gasteiger partial charge in [-0.2, -0.15) is 0 Å².